The van der Waals surface area contributed by atoms with Crippen molar-refractivity contribution in [1.82, 2.24) is 9.97 Å². The Morgan fingerprint density at radius 2 is 2.11 bits per heavy atom. The van der Waals surface area contributed by atoms with Gasteiger partial charge >= 0.3 is 0 Å². The summed E-state index contributed by atoms with van der Waals surface area (Å²) in [5.41, 5.74) is 2.46. The Morgan fingerprint density at radius 3 is 2.74 bits per heavy atom. The first kappa shape index (κ1) is 15.5. The minimum atomic E-state index is 0.0891. The third-order valence-electron chi connectivity index (χ3n) is 2.89. The summed E-state index contributed by atoms with van der Waals surface area (Å²) in [6, 6.07) is 0. The fraction of sp³-hybridized carbons (Fsp3) is 0.692. The molecule has 0 radical (unpaired) electrons. The van der Waals surface area contributed by atoms with Crippen molar-refractivity contribution in [3.05, 3.63) is 6.33 Å². The molecule has 1 aromatic heterocycles. The fourth-order valence-corrected chi connectivity index (χ4v) is 1.84. The number of nitrogens with two attached hydrogens (primary N) is 1. The lowest BCUT2D eigenvalue weighted by Crippen LogP contribution is -2.15. The molecular formula is C13H24N4O2. The minimum absolute atomic E-state index is 0.0891. The fourth-order valence-electron chi connectivity index (χ4n) is 1.84. The largest absolute Gasteiger partial charge is 0.489 e. The van der Waals surface area contributed by atoms with Crippen molar-refractivity contribution in [2.75, 3.05) is 12.5 Å². The number of methoxy groups -OCH3 is 1. The Kier molecular flexibility index (Phi) is 6.95. The first-order valence-electron chi connectivity index (χ1n) is 6.75. The van der Waals surface area contributed by atoms with E-state index in [-0.39, 0.29) is 6.10 Å². The topological polar surface area (TPSA) is 82.3 Å². The molecule has 1 rings (SSSR count). The zero-order valence-corrected chi connectivity index (χ0v) is 12.0. The lowest BCUT2D eigenvalue weighted by atomic mass is 10.1. The van der Waals surface area contributed by atoms with Crippen LogP contribution in [0.2, 0.25) is 0 Å². The summed E-state index contributed by atoms with van der Waals surface area (Å²) in [4.78, 5) is 8.06. The minimum Gasteiger partial charge on any atom is -0.489 e. The van der Waals surface area contributed by atoms with Gasteiger partial charge in [-0.05, 0) is 19.8 Å². The second-order valence-electron chi connectivity index (χ2n) is 4.48. The molecule has 0 amide bonds. The molecule has 0 aliphatic heterocycles. The van der Waals surface area contributed by atoms with E-state index < -0.39 is 0 Å². The number of aromatic nitrogens is 2. The summed E-state index contributed by atoms with van der Waals surface area (Å²) in [5, 5.41) is 0. The highest BCUT2D eigenvalue weighted by molar-refractivity contribution is 5.54. The van der Waals surface area contributed by atoms with Gasteiger partial charge in [0.1, 0.15) is 6.33 Å². The number of rotatable bonds is 9. The molecule has 0 aliphatic rings. The molecule has 3 N–H and O–H groups in total. The summed E-state index contributed by atoms with van der Waals surface area (Å²) < 4.78 is 11.0. The maximum Gasteiger partial charge on any atom is 0.262 e. The number of ether oxygens (including phenoxy) is 2. The van der Waals surface area contributed by atoms with E-state index in [1.807, 2.05) is 6.92 Å². The maximum atomic E-state index is 5.79. The second kappa shape index (κ2) is 8.53. The summed E-state index contributed by atoms with van der Waals surface area (Å²) in [7, 11) is 1.54. The van der Waals surface area contributed by atoms with E-state index in [1.54, 1.807) is 0 Å². The number of hydrazine groups is 1. The van der Waals surface area contributed by atoms with E-state index in [0.29, 0.717) is 17.4 Å². The Balaban J connectivity index is 2.56. The van der Waals surface area contributed by atoms with Crippen molar-refractivity contribution >= 4 is 5.82 Å². The smallest absolute Gasteiger partial charge is 0.262 e. The summed E-state index contributed by atoms with van der Waals surface area (Å²) in [5.74, 6) is 6.65. The zero-order chi connectivity index (χ0) is 14.1. The number of nitrogens with one attached hydrogen (secondary N) is 1. The SMILES string of the molecule is CCCCCCC(C)Oc1ncnc(NN)c1OC. The molecule has 0 saturated heterocycles. The van der Waals surface area contributed by atoms with Crippen LogP contribution in [-0.4, -0.2) is 23.2 Å². The molecule has 6 nitrogen and oxygen atoms in total. The van der Waals surface area contributed by atoms with Crippen LogP contribution >= 0.6 is 0 Å². The molecule has 19 heavy (non-hydrogen) atoms. The van der Waals surface area contributed by atoms with E-state index in [9.17, 15) is 0 Å². The lowest BCUT2D eigenvalue weighted by Gasteiger charge is -2.16. The van der Waals surface area contributed by atoms with Crippen LogP contribution in [0.1, 0.15) is 46.0 Å². The van der Waals surface area contributed by atoms with E-state index in [1.165, 1.54) is 32.7 Å². The Morgan fingerprint density at radius 1 is 1.32 bits per heavy atom. The van der Waals surface area contributed by atoms with E-state index in [4.69, 9.17) is 15.3 Å². The number of hydrogen-bond acceptors (Lipinski definition) is 6. The first-order chi connectivity index (χ1) is 9.22. The molecule has 1 aromatic rings. The number of nitrogen functional groups attached to an aromatic ring is 1. The predicted molar refractivity (Wildman–Crippen MR) is 75.2 cm³/mol. The molecule has 1 unspecified atom stereocenters. The van der Waals surface area contributed by atoms with Crippen molar-refractivity contribution in [2.45, 2.75) is 52.1 Å². The highest BCUT2D eigenvalue weighted by Gasteiger charge is 2.15. The number of unbranched alkanes of at least 4 members (excludes halogenated alkanes) is 3. The highest BCUT2D eigenvalue weighted by atomic mass is 16.5. The Hall–Kier alpha value is -1.56. The molecule has 6 heteroatoms. The Bertz CT molecular complexity index is 374. The highest BCUT2D eigenvalue weighted by Crippen LogP contribution is 2.31. The summed E-state index contributed by atoms with van der Waals surface area (Å²) in [6.07, 6.45) is 7.39. The van der Waals surface area contributed by atoms with Crippen molar-refractivity contribution in [1.29, 1.82) is 0 Å². The molecule has 0 fully saturated rings. The average Bonchev–Trinajstić information content (AvgIpc) is 2.43. The van der Waals surface area contributed by atoms with Crippen LogP contribution in [0.4, 0.5) is 5.82 Å². The number of nitrogens with zero attached hydrogens (tertiary/aromatic N) is 2. The summed E-state index contributed by atoms with van der Waals surface area (Å²) in [6.45, 7) is 4.23. The van der Waals surface area contributed by atoms with Gasteiger partial charge in [0.25, 0.3) is 5.88 Å². The van der Waals surface area contributed by atoms with Gasteiger partial charge in [0.15, 0.2) is 5.82 Å². The van der Waals surface area contributed by atoms with E-state index in [0.717, 1.165) is 12.8 Å². The molecule has 108 valence electrons. The lowest BCUT2D eigenvalue weighted by molar-refractivity contribution is 0.189. The zero-order valence-electron chi connectivity index (χ0n) is 12.0. The Labute approximate surface area is 114 Å². The predicted octanol–water partition coefficient (Wildman–Crippen LogP) is 2.51. The maximum absolute atomic E-state index is 5.79. The van der Waals surface area contributed by atoms with Gasteiger partial charge in [-0.3, -0.25) is 0 Å². The van der Waals surface area contributed by atoms with Gasteiger partial charge in [0.05, 0.1) is 13.2 Å². The molecule has 1 heterocycles. The van der Waals surface area contributed by atoms with Gasteiger partial charge in [-0.15, -0.1) is 0 Å². The van der Waals surface area contributed by atoms with E-state index in [2.05, 4.69) is 22.3 Å². The van der Waals surface area contributed by atoms with Crippen molar-refractivity contribution in [2.24, 2.45) is 5.84 Å². The number of hydrogen-bond donors (Lipinski definition) is 2. The molecule has 1 atom stereocenters. The molecule has 0 saturated carbocycles. The van der Waals surface area contributed by atoms with Crippen LogP contribution in [0, 0.1) is 0 Å². The summed E-state index contributed by atoms with van der Waals surface area (Å²) >= 11 is 0. The van der Waals surface area contributed by atoms with Crippen LogP contribution < -0.4 is 20.7 Å². The van der Waals surface area contributed by atoms with Crippen LogP contribution in [0.5, 0.6) is 11.6 Å². The third-order valence-corrected chi connectivity index (χ3v) is 2.89. The second-order valence-corrected chi connectivity index (χ2v) is 4.48. The monoisotopic (exact) mass is 268 g/mol. The molecule has 0 aromatic carbocycles. The van der Waals surface area contributed by atoms with Crippen LogP contribution in [0.25, 0.3) is 0 Å². The molecule has 0 bridgehead atoms. The van der Waals surface area contributed by atoms with Gasteiger partial charge in [-0.1, -0.05) is 26.2 Å². The van der Waals surface area contributed by atoms with Crippen LogP contribution in [0.15, 0.2) is 6.33 Å². The number of anilines is 1. The quantitative estimate of drug-likeness (QED) is 0.407. The molecule has 0 spiro atoms. The standard InChI is InChI=1S/C13H24N4O2/c1-4-5-6-7-8-10(2)19-13-11(18-3)12(17-14)15-9-16-13/h9-10H,4-8,14H2,1-3H3,(H,15,16,17). The van der Waals surface area contributed by atoms with Gasteiger partial charge < -0.3 is 14.9 Å². The van der Waals surface area contributed by atoms with Gasteiger partial charge in [-0.2, -0.15) is 4.98 Å². The van der Waals surface area contributed by atoms with Crippen molar-refractivity contribution < 1.29 is 9.47 Å². The third kappa shape index (κ3) is 4.90. The van der Waals surface area contributed by atoms with Crippen LogP contribution in [-0.2, 0) is 0 Å². The molecular weight excluding hydrogens is 244 g/mol. The normalized spacial score (nSPS) is 12.0. The average molecular weight is 268 g/mol. The van der Waals surface area contributed by atoms with E-state index >= 15 is 0 Å². The van der Waals surface area contributed by atoms with Crippen molar-refractivity contribution in [3.63, 3.8) is 0 Å². The van der Waals surface area contributed by atoms with Gasteiger partial charge in [-0.25, -0.2) is 10.8 Å². The first-order valence-corrected chi connectivity index (χ1v) is 6.75. The van der Waals surface area contributed by atoms with Crippen molar-refractivity contribution in [3.8, 4) is 11.6 Å². The molecule has 0 aliphatic carbocycles. The van der Waals surface area contributed by atoms with Gasteiger partial charge in [0.2, 0.25) is 5.75 Å². The van der Waals surface area contributed by atoms with Crippen LogP contribution in [0.3, 0.4) is 0 Å². The van der Waals surface area contributed by atoms with Gasteiger partial charge in [0, 0.05) is 0 Å².